The van der Waals surface area contributed by atoms with Crippen LogP contribution in [0, 0.1) is 0 Å². The van der Waals surface area contributed by atoms with Gasteiger partial charge >= 0.3 is 10.1 Å². The van der Waals surface area contributed by atoms with E-state index in [2.05, 4.69) is 35.3 Å². The molecule has 3 aromatic rings. The highest BCUT2D eigenvalue weighted by Gasteiger charge is 2.26. The van der Waals surface area contributed by atoms with Crippen LogP contribution in [0.5, 0.6) is 5.75 Å². The van der Waals surface area contributed by atoms with Crippen molar-refractivity contribution in [2.24, 2.45) is 0 Å². The van der Waals surface area contributed by atoms with Gasteiger partial charge in [0.25, 0.3) is 5.91 Å². The van der Waals surface area contributed by atoms with Gasteiger partial charge in [-0.15, -0.1) is 0 Å². The molecular weight excluding hydrogens is 496 g/mol. The molecule has 0 fully saturated rings. The first-order valence-corrected chi connectivity index (χ1v) is 15.3. The molecule has 0 bridgehead atoms. The van der Waals surface area contributed by atoms with Crippen molar-refractivity contribution in [1.29, 1.82) is 0 Å². The van der Waals surface area contributed by atoms with Gasteiger partial charge in [-0.3, -0.25) is 4.79 Å². The zero-order valence-corrected chi connectivity index (χ0v) is 23.2. The van der Waals surface area contributed by atoms with Gasteiger partial charge in [0.1, 0.15) is 5.75 Å². The number of unbranched alkanes of at least 4 members (excludes halogenated alkanes) is 1. The molecule has 38 heavy (non-hydrogen) atoms. The van der Waals surface area contributed by atoms with E-state index in [4.69, 9.17) is 4.18 Å². The van der Waals surface area contributed by atoms with Crippen LogP contribution in [0.2, 0.25) is 0 Å². The monoisotopic (exact) mass is 534 g/mol. The molecule has 1 N–H and O–H groups in total. The molecular formula is C31H38N2O4S. The Hall–Kier alpha value is -3.16. The number of carbonyl (C=O) groups is 1. The third kappa shape index (κ3) is 7.68. The normalized spacial score (nSPS) is 15.2. The second-order valence-corrected chi connectivity index (χ2v) is 11.6. The van der Waals surface area contributed by atoms with Crippen LogP contribution in [-0.2, 0) is 23.0 Å². The third-order valence-electron chi connectivity index (χ3n) is 7.09. The number of hydrogen-bond donors (Lipinski definition) is 1. The van der Waals surface area contributed by atoms with Gasteiger partial charge in [0.15, 0.2) is 0 Å². The Labute approximate surface area is 227 Å². The standard InChI is InChI=1S/C31H38N2O4S/c1-3-21-33(28-18-19-29-27(23-28)12-9-13-30(29)37-38(2,35)36)22-8-7-20-32-31(34)26-16-14-25(15-17-26)24-10-5-4-6-11-24/h4-6,9-17,28H,3,7-8,18-23H2,1-2H3,(H,32,34)/t28-/m1/s1. The molecule has 7 heteroatoms. The number of benzene rings is 3. The van der Waals surface area contributed by atoms with E-state index in [-0.39, 0.29) is 5.91 Å². The predicted octanol–water partition coefficient (Wildman–Crippen LogP) is 5.47. The molecule has 0 aliphatic heterocycles. The maximum absolute atomic E-state index is 12.6. The smallest absolute Gasteiger partial charge is 0.306 e. The number of rotatable bonds is 12. The molecule has 202 valence electrons. The summed E-state index contributed by atoms with van der Waals surface area (Å²) in [6.07, 6.45) is 6.78. The third-order valence-corrected chi connectivity index (χ3v) is 7.58. The van der Waals surface area contributed by atoms with Crippen LogP contribution in [0.15, 0.2) is 72.8 Å². The minimum absolute atomic E-state index is 0.0361. The average molecular weight is 535 g/mol. The van der Waals surface area contributed by atoms with Gasteiger partial charge < -0.3 is 14.4 Å². The minimum atomic E-state index is -3.54. The molecule has 0 saturated heterocycles. The molecule has 0 aromatic heterocycles. The highest BCUT2D eigenvalue weighted by Crippen LogP contribution is 2.32. The number of amides is 1. The Morgan fingerprint density at radius 3 is 2.39 bits per heavy atom. The second-order valence-electron chi connectivity index (χ2n) is 10.0. The molecule has 6 nitrogen and oxygen atoms in total. The average Bonchev–Trinajstić information content (AvgIpc) is 2.92. The van der Waals surface area contributed by atoms with Crippen molar-refractivity contribution in [3.05, 3.63) is 89.5 Å². The van der Waals surface area contributed by atoms with Crippen molar-refractivity contribution in [3.8, 4) is 16.9 Å². The Morgan fingerprint density at radius 1 is 0.947 bits per heavy atom. The molecule has 0 heterocycles. The minimum Gasteiger partial charge on any atom is -0.382 e. The van der Waals surface area contributed by atoms with E-state index in [1.54, 1.807) is 6.07 Å². The molecule has 0 unspecified atom stereocenters. The van der Waals surface area contributed by atoms with Gasteiger partial charge in [0.2, 0.25) is 0 Å². The summed E-state index contributed by atoms with van der Waals surface area (Å²) in [6.45, 7) is 4.86. The fraction of sp³-hybridized carbons (Fsp3) is 0.387. The number of carbonyl (C=O) groups excluding carboxylic acids is 1. The Bertz CT molecular complexity index is 1310. The molecule has 4 rings (SSSR count). The van der Waals surface area contributed by atoms with E-state index in [0.29, 0.717) is 23.9 Å². The summed E-state index contributed by atoms with van der Waals surface area (Å²) < 4.78 is 28.5. The lowest BCUT2D eigenvalue weighted by Crippen LogP contribution is -2.40. The van der Waals surface area contributed by atoms with Gasteiger partial charge in [-0.25, -0.2) is 0 Å². The maximum atomic E-state index is 12.6. The molecule has 1 atom stereocenters. The Morgan fingerprint density at radius 2 is 1.68 bits per heavy atom. The van der Waals surface area contributed by atoms with Crippen molar-refractivity contribution in [2.45, 2.75) is 51.5 Å². The van der Waals surface area contributed by atoms with Crippen LogP contribution >= 0.6 is 0 Å². The topological polar surface area (TPSA) is 75.7 Å². The molecule has 3 aromatic carbocycles. The Kier molecular flexibility index (Phi) is 9.58. The Balaban J connectivity index is 1.24. The zero-order chi connectivity index (χ0) is 27.0. The van der Waals surface area contributed by atoms with E-state index >= 15 is 0 Å². The van der Waals surface area contributed by atoms with Crippen LogP contribution in [0.4, 0.5) is 0 Å². The highest BCUT2D eigenvalue weighted by molar-refractivity contribution is 7.86. The fourth-order valence-corrected chi connectivity index (χ4v) is 5.74. The number of fused-ring (bicyclic) bond motifs is 1. The molecule has 1 amide bonds. The first-order valence-electron chi connectivity index (χ1n) is 13.5. The molecule has 1 aliphatic rings. The van der Waals surface area contributed by atoms with E-state index in [1.165, 1.54) is 5.56 Å². The lowest BCUT2D eigenvalue weighted by atomic mass is 9.86. The predicted molar refractivity (Wildman–Crippen MR) is 153 cm³/mol. The maximum Gasteiger partial charge on any atom is 0.306 e. The summed E-state index contributed by atoms with van der Waals surface area (Å²) in [4.78, 5) is 15.2. The van der Waals surface area contributed by atoms with Gasteiger partial charge in [0, 0.05) is 18.2 Å². The number of nitrogens with zero attached hydrogens (tertiary/aromatic N) is 1. The molecule has 0 radical (unpaired) electrons. The largest absolute Gasteiger partial charge is 0.382 e. The second kappa shape index (κ2) is 13.1. The molecule has 0 saturated carbocycles. The van der Waals surface area contributed by atoms with E-state index < -0.39 is 10.1 Å². The van der Waals surface area contributed by atoms with Crippen molar-refractivity contribution in [3.63, 3.8) is 0 Å². The van der Waals surface area contributed by atoms with Crippen LogP contribution < -0.4 is 9.50 Å². The summed E-state index contributed by atoms with van der Waals surface area (Å²) in [7, 11) is -3.54. The van der Waals surface area contributed by atoms with Gasteiger partial charge in [-0.1, -0.05) is 61.5 Å². The first kappa shape index (κ1) is 27.9. The molecule has 0 spiro atoms. The van der Waals surface area contributed by atoms with Gasteiger partial charge in [-0.2, -0.15) is 8.42 Å². The van der Waals surface area contributed by atoms with Crippen LogP contribution in [0.3, 0.4) is 0 Å². The van der Waals surface area contributed by atoms with Crippen molar-refractivity contribution in [2.75, 3.05) is 25.9 Å². The first-order chi connectivity index (χ1) is 18.3. The van der Waals surface area contributed by atoms with Crippen molar-refractivity contribution in [1.82, 2.24) is 10.2 Å². The quantitative estimate of drug-likeness (QED) is 0.246. The van der Waals surface area contributed by atoms with E-state index in [9.17, 15) is 13.2 Å². The summed E-state index contributed by atoms with van der Waals surface area (Å²) >= 11 is 0. The number of nitrogens with one attached hydrogen (secondary N) is 1. The van der Waals surface area contributed by atoms with Gasteiger partial charge in [-0.05, 0) is 92.1 Å². The number of hydrogen-bond acceptors (Lipinski definition) is 5. The van der Waals surface area contributed by atoms with Crippen LogP contribution in [0.1, 0.15) is 54.1 Å². The van der Waals surface area contributed by atoms with E-state index in [0.717, 1.165) is 74.6 Å². The lowest BCUT2D eigenvalue weighted by molar-refractivity contribution is 0.0952. The zero-order valence-electron chi connectivity index (χ0n) is 22.4. The SMILES string of the molecule is CCCN(CCCCNC(=O)c1ccc(-c2ccccc2)cc1)[C@@H]1CCc2c(cccc2OS(C)(=O)=O)C1. The lowest BCUT2D eigenvalue weighted by Gasteiger charge is -2.35. The van der Waals surface area contributed by atoms with Crippen LogP contribution in [0.25, 0.3) is 11.1 Å². The summed E-state index contributed by atoms with van der Waals surface area (Å²) in [5.41, 5.74) is 5.11. The summed E-state index contributed by atoms with van der Waals surface area (Å²) in [6, 6.07) is 24.0. The van der Waals surface area contributed by atoms with Gasteiger partial charge in [0.05, 0.1) is 6.26 Å². The fourth-order valence-electron chi connectivity index (χ4n) is 5.26. The summed E-state index contributed by atoms with van der Waals surface area (Å²) in [5, 5.41) is 3.06. The highest BCUT2D eigenvalue weighted by atomic mass is 32.2. The van der Waals surface area contributed by atoms with E-state index in [1.807, 2.05) is 48.5 Å². The van der Waals surface area contributed by atoms with Crippen molar-refractivity contribution >= 4 is 16.0 Å². The summed E-state index contributed by atoms with van der Waals surface area (Å²) in [5.74, 6) is 0.432. The van der Waals surface area contributed by atoms with Crippen LogP contribution in [-0.4, -0.2) is 51.2 Å². The molecule has 1 aliphatic carbocycles. The van der Waals surface area contributed by atoms with Crippen molar-refractivity contribution < 1.29 is 17.4 Å².